The van der Waals surface area contributed by atoms with Crippen molar-refractivity contribution >= 4 is 52.5 Å². The maximum atomic E-state index is 12.3. The predicted octanol–water partition coefficient (Wildman–Crippen LogP) is 3.42. The van der Waals surface area contributed by atoms with Gasteiger partial charge in [-0.3, -0.25) is 14.4 Å². The lowest BCUT2D eigenvalue weighted by molar-refractivity contribution is -0.124. The highest BCUT2D eigenvalue weighted by atomic mass is 35.5. The fourth-order valence-electron chi connectivity index (χ4n) is 2.66. The highest BCUT2D eigenvalue weighted by Crippen LogP contribution is 2.38. The molecule has 3 rings (SSSR count). The summed E-state index contributed by atoms with van der Waals surface area (Å²) >= 11 is 7.29. The Balaban J connectivity index is 1.56. The Morgan fingerprint density at radius 2 is 2.04 bits per heavy atom. The van der Waals surface area contributed by atoms with Crippen LogP contribution in [-0.2, 0) is 20.9 Å². The number of carbonyl (C=O) groups excluding carboxylic acids is 3. The molecule has 0 aliphatic carbocycles. The zero-order valence-corrected chi connectivity index (χ0v) is 16.1. The summed E-state index contributed by atoms with van der Waals surface area (Å²) in [6.07, 6.45) is 0.0734. The first-order valence-electron chi connectivity index (χ1n) is 8.31. The molecule has 0 saturated carbocycles. The summed E-state index contributed by atoms with van der Waals surface area (Å²) in [5.74, 6) is -0.583. The van der Waals surface area contributed by atoms with E-state index in [-0.39, 0.29) is 24.1 Å². The first kappa shape index (κ1) is 19.3. The summed E-state index contributed by atoms with van der Waals surface area (Å²) in [5.41, 5.74) is 2.20. The van der Waals surface area contributed by atoms with Crippen molar-refractivity contribution in [2.75, 3.05) is 10.6 Å². The van der Waals surface area contributed by atoms with Gasteiger partial charge in [-0.05, 0) is 35.9 Å². The first-order valence-corrected chi connectivity index (χ1v) is 9.57. The second-order valence-corrected chi connectivity index (χ2v) is 7.78. The molecule has 2 aromatic carbocycles. The van der Waals surface area contributed by atoms with Crippen LogP contribution in [0.4, 0.5) is 11.4 Å². The normalized spacial score (nSPS) is 15.5. The molecule has 2 aromatic rings. The highest BCUT2D eigenvalue weighted by Gasteiger charge is 2.29. The van der Waals surface area contributed by atoms with E-state index in [0.29, 0.717) is 22.9 Å². The molecule has 0 bridgehead atoms. The van der Waals surface area contributed by atoms with Gasteiger partial charge < -0.3 is 16.0 Å². The average Bonchev–Trinajstić information content (AvgIpc) is 2.60. The van der Waals surface area contributed by atoms with Crippen molar-refractivity contribution in [2.24, 2.45) is 0 Å². The third-order valence-corrected chi connectivity index (χ3v) is 5.38. The molecule has 0 aromatic heterocycles. The molecule has 0 radical (unpaired) electrons. The van der Waals surface area contributed by atoms with Crippen LogP contribution in [0.2, 0.25) is 5.02 Å². The van der Waals surface area contributed by atoms with Crippen LogP contribution in [0.1, 0.15) is 18.9 Å². The van der Waals surface area contributed by atoms with Gasteiger partial charge in [-0.2, -0.15) is 0 Å². The van der Waals surface area contributed by atoms with E-state index in [9.17, 15) is 14.4 Å². The number of thioether (sulfide) groups is 1. The Morgan fingerprint density at radius 3 is 2.81 bits per heavy atom. The van der Waals surface area contributed by atoms with Crippen LogP contribution in [0.25, 0.3) is 0 Å². The van der Waals surface area contributed by atoms with Gasteiger partial charge in [0.15, 0.2) is 0 Å². The van der Waals surface area contributed by atoms with Crippen LogP contribution in [0.5, 0.6) is 0 Å². The number of halogens is 1. The van der Waals surface area contributed by atoms with E-state index < -0.39 is 5.25 Å². The van der Waals surface area contributed by atoms with E-state index in [0.717, 1.165) is 10.5 Å². The number of benzene rings is 2. The fourth-order valence-corrected chi connectivity index (χ4v) is 3.92. The average molecular weight is 404 g/mol. The summed E-state index contributed by atoms with van der Waals surface area (Å²) in [6, 6.07) is 12.5. The Kier molecular flexibility index (Phi) is 6.03. The molecule has 0 fully saturated rings. The molecule has 3 amide bonds. The third kappa shape index (κ3) is 5.24. The van der Waals surface area contributed by atoms with Crippen molar-refractivity contribution in [3.8, 4) is 0 Å². The van der Waals surface area contributed by atoms with E-state index in [4.69, 9.17) is 11.6 Å². The Bertz CT molecular complexity index is 904. The summed E-state index contributed by atoms with van der Waals surface area (Å²) in [7, 11) is 0. The van der Waals surface area contributed by atoms with Crippen LogP contribution < -0.4 is 16.0 Å². The van der Waals surface area contributed by atoms with Crippen LogP contribution in [0, 0.1) is 0 Å². The number of hydrogen-bond donors (Lipinski definition) is 3. The monoisotopic (exact) mass is 403 g/mol. The Morgan fingerprint density at radius 1 is 1.22 bits per heavy atom. The number of rotatable bonds is 5. The second-order valence-electron chi connectivity index (χ2n) is 6.10. The van der Waals surface area contributed by atoms with E-state index in [2.05, 4.69) is 16.0 Å². The van der Waals surface area contributed by atoms with Gasteiger partial charge in [0.25, 0.3) is 0 Å². The van der Waals surface area contributed by atoms with Crippen LogP contribution in [0.3, 0.4) is 0 Å². The van der Waals surface area contributed by atoms with Gasteiger partial charge in [0, 0.05) is 35.5 Å². The molecule has 1 aliphatic heterocycles. The maximum absolute atomic E-state index is 12.3. The number of amides is 3. The molecule has 1 atom stereocenters. The lowest BCUT2D eigenvalue weighted by Gasteiger charge is -2.23. The van der Waals surface area contributed by atoms with Crippen molar-refractivity contribution in [3.05, 3.63) is 53.1 Å². The van der Waals surface area contributed by atoms with Crippen molar-refractivity contribution < 1.29 is 14.4 Å². The van der Waals surface area contributed by atoms with Gasteiger partial charge in [-0.1, -0.05) is 23.7 Å². The van der Waals surface area contributed by atoms with Crippen molar-refractivity contribution in [1.82, 2.24) is 5.32 Å². The molecule has 140 valence electrons. The molecule has 0 spiro atoms. The van der Waals surface area contributed by atoms with Crippen LogP contribution in [0.15, 0.2) is 47.4 Å². The van der Waals surface area contributed by atoms with Gasteiger partial charge in [-0.25, -0.2) is 0 Å². The zero-order valence-electron chi connectivity index (χ0n) is 14.5. The number of nitrogens with one attached hydrogen (secondary N) is 3. The smallest absolute Gasteiger partial charge is 0.238 e. The lowest BCUT2D eigenvalue weighted by atomic mass is 10.2. The SMILES string of the molecule is CC(=O)Nc1cccc(CNC(=O)C[C@@H]2Sc3ccc(Cl)cc3NC2=O)c1. The van der Waals surface area contributed by atoms with Gasteiger partial charge in [0.05, 0.1) is 10.9 Å². The Labute approximate surface area is 166 Å². The van der Waals surface area contributed by atoms with Crippen LogP contribution >= 0.6 is 23.4 Å². The molecule has 27 heavy (non-hydrogen) atoms. The maximum Gasteiger partial charge on any atom is 0.238 e. The van der Waals surface area contributed by atoms with E-state index in [1.165, 1.54) is 18.7 Å². The minimum absolute atomic E-state index is 0.0734. The van der Waals surface area contributed by atoms with Gasteiger partial charge in [0.1, 0.15) is 0 Å². The molecule has 6 nitrogen and oxygen atoms in total. The first-order chi connectivity index (χ1) is 12.9. The second kappa shape index (κ2) is 8.45. The summed E-state index contributed by atoms with van der Waals surface area (Å²) in [5, 5.41) is 8.36. The predicted molar refractivity (Wildman–Crippen MR) is 107 cm³/mol. The van der Waals surface area contributed by atoms with E-state index in [1.54, 1.807) is 30.3 Å². The molecule has 8 heteroatoms. The molecule has 0 unspecified atom stereocenters. The standard InChI is InChI=1S/C19H18ClN3O3S/c1-11(24)22-14-4-2-3-12(7-14)10-21-18(25)9-17-19(26)23-15-8-13(20)5-6-16(15)27-17/h2-8,17H,9-10H2,1H3,(H,21,25)(H,22,24)(H,23,26)/t17-/m0/s1. The third-order valence-electron chi connectivity index (χ3n) is 3.87. The van der Waals surface area contributed by atoms with E-state index >= 15 is 0 Å². The van der Waals surface area contributed by atoms with Crippen molar-refractivity contribution in [2.45, 2.75) is 30.0 Å². The highest BCUT2D eigenvalue weighted by molar-refractivity contribution is 8.01. The molecule has 1 aliphatic rings. The zero-order chi connectivity index (χ0) is 19.4. The summed E-state index contributed by atoms with van der Waals surface area (Å²) < 4.78 is 0. The topological polar surface area (TPSA) is 87.3 Å². The Hall–Kier alpha value is -2.51. The lowest BCUT2D eigenvalue weighted by Crippen LogP contribution is -2.34. The van der Waals surface area contributed by atoms with E-state index in [1.807, 2.05) is 12.1 Å². The minimum atomic E-state index is -0.496. The molecular weight excluding hydrogens is 386 g/mol. The molecular formula is C19H18ClN3O3S. The number of anilines is 2. The van der Waals surface area contributed by atoms with Crippen molar-refractivity contribution in [3.63, 3.8) is 0 Å². The quantitative estimate of drug-likeness (QED) is 0.713. The number of fused-ring (bicyclic) bond motifs is 1. The molecule has 0 saturated heterocycles. The van der Waals surface area contributed by atoms with Crippen LogP contribution in [-0.4, -0.2) is 23.0 Å². The fraction of sp³-hybridized carbons (Fsp3) is 0.211. The van der Waals surface area contributed by atoms with Gasteiger partial charge in [-0.15, -0.1) is 11.8 Å². The molecule has 1 heterocycles. The number of carbonyl (C=O) groups is 3. The summed E-state index contributed by atoms with van der Waals surface area (Å²) in [4.78, 5) is 36.5. The minimum Gasteiger partial charge on any atom is -0.352 e. The van der Waals surface area contributed by atoms with Gasteiger partial charge in [0.2, 0.25) is 17.7 Å². The number of hydrogen-bond acceptors (Lipinski definition) is 4. The van der Waals surface area contributed by atoms with Crippen molar-refractivity contribution in [1.29, 1.82) is 0 Å². The molecule has 3 N–H and O–H groups in total. The summed E-state index contributed by atoms with van der Waals surface area (Å²) in [6.45, 7) is 1.75. The van der Waals surface area contributed by atoms with Gasteiger partial charge >= 0.3 is 0 Å². The largest absolute Gasteiger partial charge is 0.352 e.